The van der Waals surface area contributed by atoms with Gasteiger partial charge in [-0.15, -0.1) is 0 Å². The van der Waals surface area contributed by atoms with Crippen LogP contribution >= 0.6 is 0 Å². The number of rotatable bonds is 5. The highest BCUT2D eigenvalue weighted by Crippen LogP contribution is 2.20. The van der Waals surface area contributed by atoms with Gasteiger partial charge in [0.25, 0.3) is 0 Å². The third-order valence-electron chi connectivity index (χ3n) is 3.36. The Morgan fingerprint density at radius 1 is 1.58 bits per heavy atom. The number of nitrogens with one attached hydrogen (secondary N) is 1. The van der Waals surface area contributed by atoms with Crippen molar-refractivity contribution in [1.82, 2.24) is 0 Å². The number of hydrogen-bond acceptors (Lipinski definition) is 5. The van der Waals surface area contributed by atoms with Gasteiger partial charge in [0.1, 0.15) is 0 Å². The van der Waals surface area contributed by atoms with Crippen molar-refractivity contribution in [1.29, 1.82) is 0 Å². The molecule has 1 aliphatic heterocycles. The summed E-state index contributed by atoms with van der Waals surface area (Å²) in [6, 6.07) is 5.31. The molecule has 0 aliphatic carbocycles. The quantitative estimate of drug-likeness (QED) is 0.627. The third-order valence-corrected chi connectivity index (χ3v) is 3.36. The first-order chi connectivity index (χ1) is 9.20. The predicted molar refractivity (Wildman–Crippen MR) is 74.2 cm³/mol. The second-order valence-electron chi connectivity index (χ2n) is 4.74. The second-order valence-corrected chi connectivity index (χ2v) is 4.74. The van der Waals surface area contributed by atoms with E-state index in [2.05, 4.69) is 5.32 Å². The number of ether oxygens (including phenoxy) is 2. The number of carbonyl (C=O) groups is 1. The van der Waals surface area contributed by atoms with E-state index in [0.29, 0.717) is 17.2 Å². The fourth-order valence-electron chi connectivity index (χ4n) is 2.18. The first-order valence-corrected chi connectivity index (χ1v) is 6.50. The predicted octanol–water partition coefficient (Wildman–Crippen LogP) is 1.89. The smallest absolute Gasteiger partial charge is 0.340 e. The summed E-state index contributed by atoms with van der Waals surface area (Å²) in [5, 5.41) is 3.30. The van der Waals surface area contributed by atoms with Gasteiger partial charge in [-0.2, -0.15) is 0 Å². The van der Waals surface area contributed by atoms with Crippen LogP contribution in [0.15, 0.2) is 18.2 Å². The molecule has 1 aromatic carbocycles. The lowest BCUT2D eigenvalue weighted by atomic mass is 10.1. The number of nitrogens with two attached hydrogens (primary N) is 1. The van der Waals surface area contributed by atoms with Crippen LogP contribution in [-0.2, 0) is 9.47 Å². The van der Waals surface area contributed by atoms with E-state index in [1.807, 2.05) is 6.07 Å². The number of esters is 1. The lowest BCUT2D eigenvalue weighted by molar-refractivity contribution is 0.0602. The first-order valence-electron chi connectivity index (χ1n) is 6.50. The SMILES string of the molecule is COC(=O)c1cc(NCCC2CCOC2)ccc1N. The standard InChI is InChI=1S/C14H20N2O3/c1-18-14(17)12-8-11(2-3-13(12)15)16-6-4-10-5-7-19-9-10/h2-3,8,10,16H,4-7,9,15H2,1H3. The monoisotopic (exact) mass is 264 g/mol. The van der Waals surface area contributed by atoms with E-state index in [1.165, 1.54) is 7.11 Å². The van der Waals surface area contributed by atoms with Gasteiger partial charge in [-0.05, 0) is 37.0 Å². The Balaban J connectivity index is 1.91. The summed E-state index contributed by atoms with van der Waals surface area (Å²) in [7, 11) is 1.35. The van der Waals surface area contributed by atoms with E-state index in [9.17, 15) is 4.79 Å². The molecule has 1 aliphatic rings. The Bertz CT molecular complexity index is 442. The molecule has 1 unspecified atom stereocenters. The van der Waals surface area contributed by atoms with Crippen molar-refractivity contribution in [3.63, 3.8) is 0 Å². The van der Waals surface area contributed by atoms with E-state index in [0.717, 1.165) is 38.3 Å². The topological polar surface area (TPSA) is 73.6 Å². The maximum absolute atomic E-state index is 11.5. The molecule has 104 valence electrons. The molecule has 2 rings (SSSR count). The molecule has 19 heavy (non-hydrogen) atoms. The fraction of sp³-hybridized carbons (Fsp3) is 0.500. The van der Waals surface area contributed by atoms with E-state index in [1.54, 1.807) is 12.1 Å². The highest BCUT2D eigenvalue weighted by Gasteiger charge is 2.15. The third kappa shape index (κ3) is 3.61. The number of anilines is 2. The zero-order chi connectivity index (χ0) is 13.7. The Kier molecular flexibility index (Phi) is 4.63. The van der Waals surface area contributed by atoms with E-state index < -0.39 is 5.97 Å². The minimum Gasteiger partial charge on any atom is -0.465 e. The van der Waals surface area contributed by atoms with Crippen molar-refractivity contribution < 1.29 is 14.3 Å². The van der Waals surface area contributed by atoms with Crippen LogP contribution in [0.25, 0.3) is 0 Å². The minimum absolute atomic E-state index is 0.400. The maximum Gasteiger partial charge on any atom is 0.340 e. The second kappa shape index (κ2) is 6.43. The number of nitrogen functional groups attached to an aromatic ring is 1. The molecule has 5 heteroatoms. The van der Waals surface area contributed by atoms with Crippen molar-refractivity contribution in [2.75, 3.05) is 37.9 Å². The molecule has 1 aromatic rings. The molecule has 0 radical (unpaired) electrons. The number of methoxy groups -OCH3 is 1. The molecule has 0 saturated carbocycles. The van der Waals surface area contributed by atoms with Gasteiger partial charge in [-0.3, -0.25) is 0 Å². The molecule has 3 N–H and O–H groups in total. The highest BCUT2D eigenvalue weighted by molar-refractivity contribution is 5.96. The zero-order valence-corrected chi connectivity index (χ0v) is 11.1. The lowest BCUT2D eigenvalue weighted by Crippen LogP contribution is -2.10. The number of carbonyl (C=O) groups excluding carboxylic acids is 1. The van der Waals surface area contributed by atoms with Crippen molar-refractivity contribution in [2.24, 2.45) is 5.92 Å². The van der Waals surface area contributed by atoms with Crippen molar-refractivity contribution in [2.45, 2.75) is 12.8 Å². The highest BCUT2D eigenvalue weighted by atomic mass is 16.5. The minimum atomic E-state index is -0.412. The van der Waals surface area contributed by atoms with Crippen LogP contribution in [0.5, 0.6) is 0 Å². The largest absolute Gasteiger partial charge is 0.465 e. The fourth-order valence-corrected chi connectivity index (χ4v) is 2.18. The number of hydrogen-bond donors (Lipinski definition) is 2. The van der Waals surface area contributed by atoms with Crippen LogP contribution in [0.1, 0.15) is 23.2 Å². The van der Waals surface area contributed by atoms with E-state index in [4.69, 9.17) is 15.2 Å². The van der Waals surface area contributed by atoms with Crippen LogP contribution in [0.2, 0.25) is 0 Å². The average molecular weight is 264 g/mol. The van der Waals surface area contributed by atoms with Crippen LogP contribution in [0, 0.1) is 5.92 Å². The Morgan fingerprint density at radius 2 is 2.42 bits per heavy atom. The van der Waals surface area contributed by atoms with Crippen LogP contribution in [0.4, 0.5) is 11.4 Å². The summed E-state index contributed by atoms with van der Waals surface area (Å²) >= 11 is 0. The van der Waals surface area contributed by atoms with Gasteiger partial charge in [-0.1, -0.05) is 0 Å². The van der Waals surface area contributed by atoms with Crippen LogP contribution in [0.3, 0.4) is 0 Å². The maximum atomic E-state index is 11.5. The molecule has 1 fully saturated rings. The Morgan fingerprint density at radius 3 is 3.11 bits per heavy atom. The van der Waals surface area contributed by atoms with Crippen LogP contribution in [-0.4, -0.2) is 32.8 Å². The molecule has 1 atom stereocenters. The van der Waals surface area contributed by atoms with Gasteiger partial charge in [-0.25, -0.2) is 4.79 Å². The van der Waals surface area contributed by atoms with Gasteiger partial charge in [0.15, 0.2) is 0 Å². The summed E-state index contributed by atoms with van der Waals surface area (Å²) in [5.41, 5.74) is 7.46. The first kappa shape index (κ1) is 13.7. The molecule has 0 spiro atoms. The summed E-state index contributed by atoms with van der Waals surface area (Å²) in [6.45, 7) is 2.59. The molecule has 0 bridgehead atoms. The molecule has 1 heterocycles. The summed E-state index contributed by atoms with van der Waals surface area (Å²) in [4.78, 5) is 11.5. The van der Waals surface area contributed by atoms with E-state index in [-0.39, 0.29) is 0 Å². The van der Waals surface area contributed by atoms with Crippen molar-refractivity contribution >= 4 is 17.3 Å². The van der Waals surface area contributed by atoms with Crippen molar-refractivity contribution in [3.05, 3.63) is 23.8 Å². The molecule has 1 saturated heterocycles. The van der Waals surface area contributed by atoms with Gasteiger partial charge in [0, 0.05) is 31.1 Å². The van der Waals surface area contributed by atoms with Gasteiger partial charge >= 0.3 is 5.97 Å². The van der Waals surface area contributed by atoms with Crippen LogP contribution < -0.4 is 11.1 Å². The molecule has 5 nitrogen and oxygen atoms in total. The summed E-state index contributed by atoms with van der Waals surface area (Å²) in [5.74, 6) is 0.228. The Labute approximate surface area is 113 Å². The molecule has 0 amide bonds. The lowest BCUT2D eigenvalue weighted by Gasteiger charge is -2.11. The summed E-state index contributed by atoms with van der Waals surface area (Å²) in [6.07, 6.45) is 2.20. The zero-order valence-electron chi connectivity index (χ0n) is 11.1. The number of benzene rings is 1. The Hall–Kier alpha value is -1.75. The van der Waals surface area contributed by atoms with Gasteiger partial charge < -0.3 is 20.5 Å². The molecular formula is C14H20N2O3. The van der Waals surface area contributed by atoms with Gasteiger partial charge in [0.2, 0.25) is 0 Å². The normalized spacial score (nSPS) is 18.3. The molecular weight excluding hydrogens is 244 g/mol. The average Bonchev–Trinajstić information content (AvgIpc) is 2.93. The van der Waals surface area contributed by atoms with Crippen molar-refractivity contribution in [3.8, 4) is 0 Å². The van der Waals surface area contributed by atoms with E-state index >= 15 is 0 Å². The summed E-state index contributed by atoms with van der Waals surface area (Å²) < 4.78 is 10.0. The molecule has 0 aromatic heterocycles. The van der Waals surface area contributed by atoms with Gasteiger partial charge in [0.05, 0.1) is 12.7 Å².